The SMILES string of the molecule is CCCCCCCCCCCC[n+]1cccc2ccc(OC(=O)c3ccccc3)cc21. The number of rotatable bonds is 13. The van der Waals surface area contributed by atoms with Crippen LogP contribution in [0.5, 0.6) is 5.75 Å². The summed E-state index contributed by atoms with van der Waals surface area (Å²) in [6.07, 6.45) is 15.5. The van der Waals surface area contributed by atoms with Gasteiger partial charge in [0.05, 0.1) is 11.6 Å². The van der Waals surface area contributed by atoms with E-state index in [1.165, 1.54) is 64.2 Å². The molecular weight excluding hydrogens is 382 g/mol. The van der Waals surface area contributed by atoms with E-state index in [4.69, 9.17) is 4.74 Å². The highest BCUT2D eigenvalue weighted by atomic mass is 16.5. The molecule has 0 saturated carbocycles. The van der Waals surface area contributed by atoms with Crippen LogP contribution >= 0.6 is 0 Å². The lowest BCUT2D eigenvalue weighted by molar-refractivity contribution is -0.671. The summed E-state index contributed by atoms with van der Waals surface area (Å²) in [4.78, 5) is 12.4. The molecule has 3 heteroatoms. The molecule has 0 N–H and O–H groups in total. The number of carbonyl (C=O) groups is 1. The summed E-state index contributed by atoms with van der Waals surface area (Å²) in [7, 11) is 0. The normalized spacial score (nSPS) is 11.0. The quantitative estimate of drug-likeness (QED) is 0.126. The summed E-state index contributed by atoms with van der Waals surface area (Å²) in [5, 5.41) is 1.16. The van der Waals surface area contributed by atoms with E-state index in [2.05, 4.69) is 29.8 Å². The van der Waals surface area contributed by atoms with Gasteiger partial charge in [0, 0.05) is 17.9 Å². The van der Waals surface area contributed by atoms with Gasteiger partial charge in [0.2, 0.25) is 5.52 Å². The number of pyridine rings is 1. The lowest BCUT2D eigenvalue weighted by Crippen LogP contribution is -2.34. The molecule has 0 aliphatic rings. The van der Waals surface area contributed by atoms with Crippen LogP contribution in [-0.2, 0) is 6.54 Å². The van der Waals surface area contributed by atoms with Crippen LogP contribution < -0.4 is 9.30 Å². The number of aromatic nitrogens is 1. The predicted octanol–water partition coefficient (Wildman–Crippen LogP) is 7.27. The zero-order chi connectivity index (χ0) is 21.7. The summed E-state index contributed by atoms with van der Waals surface area (Å²) < 4.78 is 7.89. The molecule has 0 amide bonds. The Morgan fingerprint density at radius 3 is 2.16 bits per heavy atom. The molecule has 0 atom stereocenters. The number of hydrogen-bond acceptors (Lipinski definition) is 2. The van der Waals surface area contributed by atoms with Crippen molar-refractivity contribution >= 4 is 16.9 Å². The summed E-state index contributed by atoms with van der Waals surface area (Å²) in [5.41, 5.74) is 1.67. The molecule has 0 fully saturated rings. The zero-order valence-corrected chi connectivity index (χ0v) is 18.9. The molecule has 0 spiro atoms. The van der Waals surface area contributed by atoms with Crippen LogP contribution in [0.3, 0.4) is 0 Å². The van der Waals surface area contributed by atoms with Crippen LogP contribution in [0.1, 0.15) is 81.5 Å². The fraction of sp³-hybridized carbons (Fsp3) is 0.429. The van der Waals surface area contributed by atoms with E-state index in [9.17, 15) is 4.79 Å². The second-order valence-electron chi connectivity index (χ2n) is 8.36. The Morgan fingerprint density at radius 1 is 0.774 bits per heavy atom. The minimum atomic E-state index is -0.322. The monoisotopic (exact) mass is 418 g/mol. The minimum absolute atomic E-state index is 0.322. The fourth-order valence-corrected chi connectivity index (χ4v) is 4.01. The van der Waals surface area contributed by atoms with Crippen LogP contribution in [-0.4, -0.2) is 5.97 Å². The Bertz CT molecular complexity index is 936. The minimum Gasteiger partial charge on any atom is -0.423 e. The standard InChI is InChI=1S/C28H36NO2/c1-2-3-4-5-6-7-8-9-10-14-21-29-22-15-18-24-19-20-26(23-27(24)29)31-28(30)25-16-12-11-13-17-25/h11-13,15-20,22-23H,2-10,14,21H2,1H3/q+1. The average Bonchev–Trinajstić information content (AvgIpc) is 2.81. The lowest BCUT2D eigenvalue weighted by atomic mass is 10.1. The molecule has 0 aliphatic heterocycles. The van der Waals surface area contributed by atoms with Crippen molar-refractivity contribution in [3.63, 3.8) is 0 Å². The van der Waals surface area contributed by atoms with Crippen molar-refractivity contribution in [2.75, 3.05) is 0 Å². The molecule has 0 radical (unpaired) electrons. The summed E-state index contributed by atoms with van der Waals surface area (Å²) in [6.45, 7) is 3.26. The first kappa shape index (κ1) is 23.0. The van der Waals surface area contributed by atoms with Crippen LogP contribution in [0.25, 0.3) is 10.9 Å². The first-order valence-electron chi connectivity index (χ1n) is 12.0. The van der Waals surface area contributed by atoms with E-state index >= 15 is 0 Å². The van der Waals surface area contributed by atoms with Crippen molar-refractivity contribution in [2.45, 2.75) is 77.7 Å². The third-order valence-electron chi connectivity index (χ3n) is 5.83. The van der Waals surface area contributed by atoms with Gasteiger partial charge in [0.25, 0.3) is 0 Å². The number of unbranched alkanes of at least 4 members (excludes halogenated alkanes) is 9. The number of hydrogen-bond donors (Lipinski definition) is 0. The number of carbonyl (C=O) groups excluding carboxylic acids is 1. The second kappa shape index (κ2) is 12.9. The molecule has 2 aromatic carbocycles. The molecule has 164 valence electrons. The van der Waals surface area contributed by atoms with E-state index in [-0.39, 0.29) is 5.97 Å². The van der Waals surface area contributed by atoms with Gasteiger partial charge in [-0.3, -0.25) is 0 Å². The van der Waals surface area contributed by atoms with E-state index in [1.807, 2.05) is 36.4 Å². The van der Waals surface area contributed by atoms with Crippen molar-refractivity contribution < 1.29 is 14.1 Å². The number of fused-ring (bicyclic) bond motifs is 1. The third-order valence-corrected chi connectivity index (χ3v) is 5.83. The number of aryl methyl sites for hydroxylation is 1. The smallest absolute Gasteiger partial charge is 0.343 e. The summed E-state index contributed by atoms with van der Waals surface area (Å²) >= 11 is 0. The Balaban J connectivity index is 1.49. The van der Waals surface area contributed by atoms with E-state index < -0.39 is 0 Å². The molecular formula is C28H36NO2+. The maximum Gasteiger partial charge on any atom is 0.343 e. The Morgan fingerprint density at radius 2 is 1.45 bits per heavy atom. The van der Waals surface area contributed by atoms with Crippen molar-refractivity contribution in [2.24, 2.45) is 0 Å². The molecule has 1 aromatic heterocycles. The lowest BCUT2D eigenvalue weighted by Gasteiger charge is -2.06. The van der Waals surface area contributed by atoms with Crippen molar-refractivity contribution in [3.05, 3.63) is 72.4 Å². The van der Waals surface area contributed by atoms with Gasteiger partial charge in [0.15, 0.2) is 6.20 Å². The molecule has 3 rings (SSSR count). The van der Waals surface area contributed by atoms with E-state index in [0.29, 0.717) is 11.3 Å². The highest BCUT2D eigenvalue weighted by Gasteiger charge is 2.13. The molecule has 3 nitrogen and oxygen atoms in total. The van der Waals surface area contributed by atoms with Crippen molar-refractivity contribution in [3.8, 4) is 5.75 Å². The van der Waals surface area contributed by atoms with Gasteiger partial charge in [-0.25, -0.2) is 4.79 Å². The van der Waals surface area contributed by atoms with Gasteiger partial charge < -0.3 is 4.74 Å². The molecule has 0 saturated heterocycles. The first-order chi connectivity index (χ1) is 15.3. The van der Waals surface area contributed by atoms with E-state index in [0.717, 1.165) is 17.4 Å². The van der Waals surface area contributed by atoms with Crippen LogP contribution in [0.4, 0.5) is 0 Å². The molecule has 3 aromatic rings. The highest BCUT2D eigenvalue weighted by Crippen LogP contribution is 2.20. The van der Waals surface area contributed by atoms with Crippen LogP contribution in [0.2, 0.25) is 0 Å². The molecule has 0 bridgehead atoms. The van der Waals surface area contributed by atoms with Crippen LogP contribution in [0, 0.1) is 0 Å². The van der Waals surface area contributed by atoms with E-state index in [1.54, 1.807) is 12.1 Å². The fourth-order valence-electron chi connectivity index (χ4n) is 4.01. The average molecular weight is 419 g/mol. The third kappa shape index (κ3) is 7.50. The van der Waals surface area contributed by atoms with Gasteiger partial charge in [-0.2, -0.15) is 4.57 Å². The topological polar surface area (TPSA) is 30.2 Å². The van der Waals surface area contributed by atoms with Crippen molar-refractivity contribution in [1.29, 1.82) is 0 Å². The van der Waals surface area contributed by atoms with Gasteiger partial charge in [0.1, 0.15) is 12.3 Å². The summed E-state index contributed by atoms with van der Waals surface area (Å²) in [5.74, 6) is 0.265. The Hall–Kier alpha value is -2.68. The number of nitrogens with zero attached hydrogens (tertiary/aromatic N) is 1. The molecule has 0 unspecified atom stereocenters. The molecule has 0 aliphatic carbocycles. The van der Waals surface area contributed by atoms with Crippen molar-refractivity contribution in [1.82, 2.24) is 0 Å². The number of esters is 1. The predicted molar refractivity (Wildman–Crippen MR) is 127 cm³/mol. The molecule has 1 heterocycles. The summed E-state index contributed by atoms with van der Waals surface area (Å²) in [6, 6.07) is 19.2. The zero-order valence-electron chi connectivity index (χ0n) is 18.9. The maximum absolute atomic E-state index is 12.4. The maximum atomic E-state index is 12.4. The first-order valence-corrected chi connectivity index (χ1v) is 12.0. The largest absolute Gasteiger partial charge is 0.423 e. The number of ether oxygens (including phenoxy) is 1. The van der Waals surface area contributed by atoms with Gasteiger partial charge >= 0.3 is 5.97 Å². The van der Waals surface area contributed by atoms with Gasteiger partial charge in [-0.1, -0.05) is 76.5 Å². The highest BCUT2D eigenvalue weighted by molar-refractivity contribution is 5.91. The Labute approximate surface area is 187 Å². The molecule has 31 heavy (non-hydrogen) atoms. The van der Waals surface area contributed by atoms with Gasteiger partial charge in [-0.05, 0) is 36.8 Å². The Kier molecular flexibility index (Phi) is 9.56. The number of benzene rings is 2. The second-order valence-corrected chi connectivity index (χ2v) is 8.36. The van der Waals surface area contributed by atoms with Gasteiger partial charge in [-0.15, -0.1) is 0 Å². The van der Waals surface area contributed by atoms with Crippen LogP contribution in [0.15, 0.2) is 66.9 Å².